The molecule has 0 saturated carbocycles. The molecule has 0 fully saturated rings. The van der Waals surface area contributed by atoms with E-state index in [4.69, 9.17) is 0 Å². The molecule has 2 aromatic carbocycles. The van der Waals surface area contributed by atoms with E-state index in [9.17, 15) is 10.2 Å². The van der Waals surface area contributed by atoms with Crippen molar-refractivity contribution < 1.29 is 10.2 Å². The fourth-order valence-electron chi connectivity index (χ4n) is 2.11. The lowest BCUT2D eigenvalue weighted by molar-refractivity contribution is 0.431. The lowest BCUT2D eigenvalue weighted by Crippen LogP contribution is -1.92. The molecule has 0 aliphatic rings. The average Bonchev–Trinajstić information content (AvgIpc) is 2.42. The second-order valence-electron chi connectivity index (χ2n) is 4.96. The maximum Gasteiger partial charge on any atom is 0.137 e. The van der Waals surface area contributed by atoms with Crippen LogP contribution in [0.3, 0.4) is 0 Å². The number of halogens is 1. The molecule has 2 aromatic rings. The van der Waals surface area contributed by atoms with E-state index in [0.29, 0.717) is 10.0 Å². The number of hydrogen-bond acceptors (Lipinski definition) is 2. The van der Waals surface area contributed by atoms with Gasteiger partial charge in [0.1, 0.15) is 11.5 Å². The van der Waals surface area contributed by atoms with Crippen molar-refractivity contribution in [2.75, 3.05) is 0 Å². The Bertz CT molecular complexity index is 631. The lowest BCUT2D eigenvalue weighted by Gasteiger charge is -2.14. The van der Waals surface area contributed by atoms with Crippen LogP contribution in [0.25, 0.3) is 12.2 Å². The molecule has 2 rings (SSSR count). The van der Waals surface area contributed by atoms with Crippen LogP contribution in [-0.2, 0) is 0 Å². The number of phenols is 2. The molecule has 0 unspecified atom stereocenters. The maximum absolute atomic E-state index is 10.2. The van der Waals surface area contributed by atoms with Gasteiger partial charge in [0, 0.05) is 5.56 Å². The van der Waals surface area contributed by atoms with Crippen LogP contribution >= 0.6 is 15.9 Å². The van der Waals surface area contributed by atoms with E-state index in [0.717, 1.165) is 11.1 Å². The van der Waals surface area contributed by atoms with Gasteiger partial charge in [-0.2, -0.15) is 0 Å². The fourth-order valence-corrected chi connectivity index (χ4v) is 2.57. The summed E-state index contributed by atoms with van der Waals surface area (Å²) in [7, 11) is 0. The summed E-state index contributed by atoms with van der Waals surface area (Å²) in [4.78, 5) is 0. The zero-order valence-corrected chi connectivity index (χ0v) is 13.1. The second kappa shape index (κ2) is 6.14. The first-order chi connectivity index (χ1) is 9.50. The summed E-state index contributed by atoms with van der Waals surface area (Å²) in [5.74, 6) is 0.277. The molecular formula is C17H17BrO2. The minimum absolute atomic E-state index is 0.0541. The van der Waals surface area contributed by atoms with Crippen molar-refractivity contribution in [2.45, 2.75) is 19.8 Å². The highest BCUT2D eigenvalue weighted by molar-refractivity contribution is 9.10. The van der Waals surface area contributed by atoms with E-state index in [2.05, 4.69) is 15.9 Å². The van der Waals surface area contributed by atoms with Crippen LogP contribution in [0.15, 0.2) is 40.9 Å². The summed E-state index contributed by atoms with van der Waals surface area (Å²) in [5, 5.41) is 20.2. The van der Waals surface area contributed by atoms with Gasteiger partial charge in [-0.3, -0.25) is 0 Å². The predicted octanol–water partition coefficient (Wildman–Crippen LogP) is 5.15. The van der Waals surface area contributed by atoms with Crippen LogP contribution in [0.4, 0.5) is 0 Å². The highest BCUT2D eigenvalue weighted by Crippen LogP contribution is 2.41. The van der Waals surface area contributed by atoms with Gasteiger partial charge in [-0.1, -0.05) is 56.3 Å². The highest BCUT2D eigenvalue weighted by atomic mass is 79.9. The molecule has 0 saturated heterocycles. The molecule has 0 aliphatic heterocycles. The summed E-state index contributed by atoms with van der Waals surface area (Å²) in [5.41, 5.74) is 2.37. The van der Waals surface area contributed by atoms with Gasteiger partial charge in [-0.15, -0.1) is 0 Å². The number of rotatable bonds is 3. The van der Waals surface area contributed by atoms with Crippen molar-refractivity contribution in [1.82, 2.24) is 0 Å². The maximum atomic E-state index is 10.2. The molecule has 20 heavy (non-hydrogen) atoms. The normalized spacial score (nSPS) is 11.4. The van der Waals surface area contributed by atoms with E-state index >= 15 is 0 Å². The van der Waals surface area contributed by atoms with E-state index in [1.807, 2.05) is 56.3 Å². The highest BCUT2D eigenvalue weighted by Gasteiger charge is 2.16. The van der Waals surface area contributed by atoms with Gasteiger partial charge < -0.3 is 10.2 Å². The molecule has 0 atom stereocenters. The summed E-state index contributed by atoms with van der Waals surface area (Å²) >= 11 is 3.39. The van der Waals surface area contributed by atoms with Crippen LogP contribution in [0.2, 0.25) is 0 Å². The monoisotopic (exact) mass is 332 g/mol. The van der Waals surface area contributed by atoms with Crippen LogP contribution in [0.5, 0.6) is 11.5 Å². The van der Waals surface area contributed by atoms with Gasteiger partial charge in [-0.25, -0.2) is 0 Å². The number of phenolic OH excluding ortho intramolecular Hbond substituents is 2. The van der Waals surface area contributed by atoms with Gasteiger partial charge in [0.05, 0.1) is 4.47 Å². The molecule has 2 nitrogen and oxygen atoms in total. The third kappa shape index (κ3) is 3.05. The zero-order valence-electron chi connectivity index (χ0n) is 11.5. The molecule has 0 aliphatic carbocycles. The number of benzene rings is 2. The fraction of sp³-hybridized carbons (Fsp3) is 0.176. The van der Waals surface area contributed by atoms with Crippen molar-refractivity contribution in [3.63, 3.8) is 0 Å². The van der Waals surface area contributed by atoms with E-state index in [1.165, 1.54) is 0 Å². The summed E-state index contributed by atoms with van der Waals surface area (Å²) in [6.07, 6.45) is 3.80. The quantitative estimate of drug-likeness (QED) is 0.762. The molecule has 0 radical (unpaired) electrons. The molecule has 104 valence electrons. The smallest absolute Gasteiger partial charge is 0.137 e. The van der Waals surface area contributed by atoms with Crippen molar-refractivity contribution >= 4 is 28.1 Å². The average molecular weight is 333 g/mol. The molecule has 2 N–H and O–H groups in total. The molecule has 3 heteroatoms. The Morgan fingerprint density at radius 1 is 1.05 bits per heavy atom. The van der Waals surface area contributed by atoms with Gasteiger partial charge in [0.15, 0.2) is 0 Å². The molecule has 0 heterocycles. The second-order valence-corrected chi connectivity index (χ2v) is 5.75. The van der Waals surface area contributed by atoms with Crippen molar-refractivity contribution in [1.29, 1.82) is 0 Å². The van der Waals surface area contributed by atoms with E-state index in [1.54, 1.807) is 6.07 Å². The first-order valence-corrected chi connectivity index (χ1v) is 7.27. The number of hydrogen-bond donors (Lipinski definition) is 2. The molecule has 0 bridgehead atoms. The minimum atomic E-state index is 0.0541. The number of aromatic hydroxyl groups is 2. The van der Waals surface area contributed by atoms with Gasteiger partial charge >= 0.3 is 0 Å². The van der Waals surface area contributed by atoms with Gasteiger partial charge in [0.2, 0.25) is 0 Å². The standard InChI is InChI=1S/C17H17BrO2/c1-11(2)15-14(19)10-13(16(18)17(15)20)9-8-12-6-4-3-5-7-12/h3-11,19-20H,1-2H3/b9-8+. The van der Waals surface area contributed by atoms with Crippen LogP contribution in [0, 0.1) is 0 Å². The Hall–Kier alpha value is -1.74. The zero-order chi connectivity index (χ0) is 14.7. The van der Waals surface area contributed by atoms with E-state index in [-0.39, 0.29) is 17.4 Å². The summed E-state index contributed by atoms with van der Waals surface area (Å²) in [6, 6.07) is 11.5. The molecule has 0 spiro atoms. The van der Waals surface area contributed by atoms with Crippen molar-refractivity contribution in [2.24, 2.45) is 0 Å². The first-order valence-electron chi connectivity index (χ1n) is 6.48. The summed E-state index contributed by atoms with van der Waals surface area (Å²) < 4.78 is 0.603. The van der Waals surface area contributed by atoms with Gasteiger partial charge in [-0.05, 0) is 39.0 Å². The molecular weight excluding hydrogens is 316 g/mol. The van der Waals surface area contributed by atoms with Gasteiger partial charge in [0.25, 0.3) is 0 Å². The third-order valence-electron chi connectivity index (χ3n) is 3.12. The Balaban J connectivity index is 2.42. The largest absolute Gasteiger partial charge is 0.507 e. The Morgan fingerprint density at radius 2 is 1.70 bits per heavy atom. The SMILES string of the molecule is CC(C)c1c(O)cc(/C=C/c2ccccc2)c(Br)c1O. The molecule has 0 amide bonds. The topological polar surface area (TPSA) is 40.5 Å². The lowest BCUT2D eigenvalue weighted by atomic mass is 9.98. The predicted molar refractivity (Wildman–Crippen MR) is 86.9 cm³/mol. The summed E-state index contributed by atoms with van der Waals surface area (Å²) in [6.45, 7) is 3.86. The van der Waals surface area contributed by atoms with Crippen molar-refractivity contribution in [3.05, 3.63) is 57.6 Å². The van der Waals surface area contributed by atoms with Crippen LogP contribution < -0.4 is 0 Å². The van der Waals surface area contributed by atoms with Crippen LogP contribution in [0.1, 0.15) is 36.5 Å². The third-order valence-corrected chi connectivity index (χ3v) is 3.95. The van der Waals surface area contributed by atoms with E-state index < -0.39 is 0 Å². The minimum Gasteiger partial charge on any atom is -0.507 e. The Kier molecular flexibility index (Phi) is 4.50. The molecule has 0 aromatic heterocycles. The Morgan fingerprint density at radius 3 is 2.30 bits per heavy atom. The Labute approximate surface area is 127 Å². The van der Waals surface area contributed by atoms with Crippen molar-refractivity contribution in [3.8, 4) is 11.5 Å². The van der Waals surface area contributed by atoms with Crippen LogP contribution in [-0.4, -0.2) is 10.2 Å². The first kappa shape index (κ1) is 14.7.